The van der Waals surface area contributed by atoms with E-state index in [4.69, 9.17) is 20.0 Å². The predicted octanol–water partition coefficient (Wildman–Crippen LogP) is 3.57. The summed E-state index contributed by atoms with van der Waals surface area (Å²) in [6.07, 6.45) is 0. The van der Waals surface area contributed by atoms with Crippen LogP contribution in [0.25, 0.3) is 0 Å². The van der Waals surface area contributed by atoms with E-state index in [9.17, 15) is 4.89 Å². The molecular weight excluding hydrogens is 336 g/mol. The molecular formula is C15H27NO5P2. The summed E-state index contributed by atoms with van der Waals surface area (Å²) in [5, 5.41) is 0. The van der Waals surface area contributed by atoms with Crippen LogP contribution in [0.15, 0.2) is 12.1 Å². The minimum Gasteiger partial charge on any atom is -0.426 e. The third-order valence-electron chi connectivity index (χ3n) is 3.31. The molecule has 0 spiro atoms. The van der Waals surface area contributed by atoms with E-state index in [-0.39, 0.29) is 10.8 Å². The maximum absolute atomic E-state index is 9.87. The van der Waals surface area contributed by atoms with Crippen LogP contribution in [0.4, 0.5) is 0 Å². The van der Waals surface area contributed by atoms with Crippen molar-refractivity contribution in [3.05, 3.63) is 28.8 Å². The van der Waals surface area contributed by atoms with Crippen molar-refractivity contribution in [3.63, 3.8) is 0 Å². The molecule has 0 aliphatic carbocycles. The second-order valence-electron chi connectivity index (χ2n) is 7.39. The fourth-order valence-electron chi connectivity index (χ4n) is 2.18. The monoisotopic (exact) mass is 363 g/mol. The molecule has 1 aromatic rings. The van der Waals surface area contributed by atoms with Crippen LogP contribution < -0.4 is 10.3 Å². The first-order valence-corrected chi connectivity index (χ1v) is 9.56. The lowest BCUT2D eigenvalue weighted by molar-refractivity contribution is 0.324. The van der Waals surface area contributed by atoms with Crippen LogP contribution in [0.1, 0.15) is 58.2 Å². The van der Waals surface area contributed by atoms with Gasteiger partial charge in [-0.3, -0.25) is 0 Å². The molecule has 0 radical (unpaired) electrons. The Balaban J connectivity index is 3.48. The summed E-state index contributed by atoms with van der Waals surface area (Å²) in [6.45, 7) is 12.6. The minimum atomic E-state index is -2.69. The van der Waals surface area contributed by atoms with Gasteiger partial charge in [0.2, 0.25) is 0 Å². The SMILES string of the molecule is CC(C)(C)c1cc(CN)cc(C(C)(C)C)c1OP(O)OP(O)O. The lowest BCUT2D eigenvalue weighted by Gasteiger charge is -2.30. The van der Waals surface area contributed by atoms with E-state index in [0.29, 0.717) is 12.3 Å². The van der Waals surface area contributed by atoms with Crippen molar-refractivity contribution >= 4 is 17.2 Å². The second-order valence-corrected chi connectivity index (χ2v) is 9.20. The largest absolute Gasteiger partial charge is 0.426 e. The molecule has 1 unspecified atom stereocenters. The van der Waals surface area contributed by atoms with Crippen molar-refractivity contribution in [2.45, 2.75) is 58.9 Å². The highest BCUT2D eigenvalue weighted by Gasteiger charge is 2.30. The second kappa shape index (κ2) is 7.71. The number of nitrogens with two attached hydrogens (primary N) is 1. The summed E-state index contributed by atoms with van der Waals surface area (Å²) >= 11 is 0. The number of hydrogen-bond donors (Lipinski definition) is 4. The predicted molar refractivity (Wildman–Crippen MR) is 93.9 cm³/mol. The Kier molecular flexibility index (Phi) is 6.95. The summed E-state index contributed by atoms with van der Waals surface area (Å²) in [5.74, 6) is 0.507. The van der Waals surface area contributed by atoms with E-state index in [1.54, 1.807) is 0 Å². The van der Waals surface area contributed by atoms with Gasteiger partial charge in [-0.1, -0.05) is 53.7 Å². The van der Waals surface area contributed by atoms with Crippen molar-refractivity contribution in [1.29, 1.82) is 0 Å². The van der Waals surface area contributed by atoms with Gasteiger partial charge in [0.1, 0.15) is 5.75 Å². The molecule has 8 heteroatoms. The molecule has 0 heterocycles. The number of hydrogen-bond acceptors (Lipinski definition) is 6. The maximum Gasteiger partial charge on any atom is 0.401 e. The summed E-state index contributed by atoms with van der Waals surface area (Å²) in [6, 6.07) is 3.91. The third kappa shape index (κ3) is 5.91. The first-order chi connectivity index (χ1) is 10.4. The smallest absolute Gasteiger partial charge is 0.401 e. The highest BCUT2D eigenvalue weighted by Crippen LogP contribution is 2.50. The Morgan fingerprint density at radius 3 is 1.70 bits per heavy atom. The van der Waals surface area contributed by atoms with Gasteiger partial charge in [0.25, 0.3) is 0 Å². The summed E-state index contributed by atoms with van der Waals surface area (Å²) in [4.78, 5) is 27.7. The van der Waals surface area contributed by atoms with Gasteiger partial charge in [-0.25, -0.2) is 4.31 Å². The molecule has 0 aliphatic heterocycles. The van der Waals surface area contributed by atoms with Gasteiger partial charge < -0.3 is 24.9 Å². The highest BCUT2D eigenvalue weighted by atomic mass is 31.2. The normalized spacial score (nSPS) is 14.2. The minimum absolute atomic E-state index is 0.250. The van der Waals surface area contributed by atoms with Gasteiger partial charge in [-0.2, -0.15) is 0 Å². The standard InChI is InChI=1S/C15H27NO5P2/c1-14(2,3)11-7-10(9-16)8-12(15(4,5)6)13(11)20-23(19)21-22(17)18/h7-8,17-19H,9,16H2,1-6H3. The summed E-state index contributed by atoms with van der Waals surface area (Å²) in [7, 11) is -5.13. The molecule has 0 amide bonds. The van der Waals surface area contributed by atoms with Crippen LogP contribution in [-0.2, 0) is 21.7 Å². The molecule has 0 aromatic heterocycles. The van der Waals surface area contributed by atoms with Crippen molar-refractivity contribution in [1.82, 2.24) is 0 Å². The molecule has 6 nitrogen and oxygen atoms in total. The number of rotatable bonds is 5. The molecule has 1 rings (SSSR count). The van der Waals surface area contributed by atoms with Gasteiger partial charge in [0, 0.05) is 17.7 Å². The molecule has 0 saturated heterocycles. The van der Waals surface area contributed by atoms with Gasteiger partial charge >= 0.3 is 17.2 Å². The molecule has 1 atom stereocenters. The summed E-state index contributed by atoms with van der Waals surface area (Å²) < 4.78 is 10.2. The van der Waals surface area contributed by atoms with Gasteiger partial charge in [-0.05, 0) is 16.4 Å². The molecule has 0 bridgehead atoms. The zero-order valence-electron chi connectivity index (χ0n) is 14.5. The molecule has 0 saturated carbocycles. The van der Waals surface area contributed by atoms with Gasteiger partial charge in [0.15, 0.2) is 0 Å². The average molecular weight is 363 g/mol. The molecule has 23 heavy (non-hydrogen) atoms. The zero-order valence-corrected chi connectivity index (χ0v) is 16.3. The Hall–Kier alpha value is -0.320. The Morgan fingerprint density at radius 2 is 1.39 bits per heavy atom. The topological polar surface area (TPSA) is 105 Å². The molecule has 0 fully saturated rings. The van der Waals surface area contributed by atoms with Crippen LogP contribution in [-0.4, -0.2) is 14.7 Å². The first-order valence-electron chi connectivity index (χ1n) is 7.27. The van der Waals surface area contributed by atoms with E-state index < -0.39 is 17.2 Å². The van der Waals surface area contributed by atoms with Crippen LogP contribution in [0, 0.1) is 0 Å². The molecule has 1 aromatic carbocycles. The Bertz CT molecular complexity index is 503. The van der Waals surface area contributed by atoms with E-state index in [2.05, 4.69) is 4.31 Å². The van der Waals surface area contributed by atoms with Gasteiger partial charge in [0.05, 0.1) is 0 Å². The van der Waals surface area contributed by atoms with Crippen LogP contribution in [0.3, 0.4) is 0 Å². The third-order valence-corrected chi connectivity index (χ3v) is 4.79. The number of benzene rings is 1. The molecule has 0 aliphatic rings. The Labute approximate surface area is 140 Å². The van der Waals surface area contributed by atoms with Crippen molar-refractivity contribution in [2.75, 3.05) is 0 Å². The fraction of sp³-hybridized carbons (Fsp3) is 0.600. The first kappa shape index (κ1) is 20.7. The van der Waals surface area contributed by atoms with E-state index in [0.717, 1.165) is 16.7 Å². The van der Waals surface area contributed by atoms with Gasteiger partial charge in [-0.15, -0.1) is 0 Å². The van der Waals surface area contributed by atoms with Crippen molar-refractivity contribution in [3.8, 4) is 5.75 Å². The molecule has 5 N–H and O–H groups in total. The van der Waals surface area contributed by atoms with E-state index in [1.165, 1.54) is 0 Å². The van der Waals surface area contributed by atoms with Crippen LogP contribution in [0.5, 0.6) is 5.75 Å². The van der Waals surface area contributed by atoms with E-state index >= 15 is 0 Å². The highest BCUT2D eigenvalue weighted by molar-refractivity contribution is 7.54. The average Bonchev–Trinajstić information content (AvgIpc) is 2.35. The zero-order chi connectivity index (χ0) is 18.0. The summed E-state index contributed by atoms with van der Waals surface area (Å²) in [5.41, 5.74) is 8.06. The lowest BCUT2D eigenvalue weighted by atomic mass is 9.78. The quantitative estimate of drug-likeness (QED) is 0.596. The van der Waals surface area contributed by atoms with Crippen molar-refractivity contribution < 1.29 is 23.5 Å². The molecule has 132 valence electrons. The van der Waals surface area contributed by atoms with Crippen molar-refractivity contribution in [2.24, 2.45) is 5.73 Å². The fourth-order valence-corrected chi connectivity index (χ4v) is 3.16. The maximum atomic E-state index is 9.87. The Morgan fingerprint density at radius 1 is 0.957 bits per heavy atom. The van der Waals surface area contributed by atoms with Crippen LogP contribution in [0.2, 0.25) is 0 Å². The lowest BCUT2D eigenvalue weighted by Crippen LogP contribution is -2.20. The van der Waals surface area contributed by atoms with E-state index in [1.807, 2.05) is 53.7 Å². The van der Waals surface area contributed by atoms with Crippen LogP contribution >= 0.6 is 17.2 Å².